The van der Waals surface area contributed by atoms with Crippen LogP contribution in [0.3, 0.4) is 0 Å². The SMILES string of the molecule is CS(=O)(=O)OCc1cc(Oc2ccc(N3CCN(C(=O)O)CC3)nc2)nc(-c2cc(Cl)cc(Cl)c2)n1. The Kier molecular flexibility index (Phi) is 7.79. The molecule has 1 aliphatic heterocycles. The Balaban J connectivity index is 1.55. The number of pyridine rings is 1. The monoisotopic (exact) mass is 553 g/mol. The van der Waals surface area contributed by atoms with Gasteiger partial charge in [0.15, 0.2) is 5.82 Å². The van der Waals surface area contributed by atoms with Gasteiger partial charge in [-0.1, -0.05) is 23.2 Å². The molecule has 14 heteroatoms. The number of ether oxygens (including phenoxy) is 1. The number of aromatic nitrogens is 3. The Labute approximate surface area is 217 Å². The third-order valence-electron chi connectivity index (χ3n) is 5.11. The van der Waals surface area contributed by atoms with Crippen molar-refractivity contribution >= 4 is 45.2 Å². The predicted octanol–water partition coefficient (Wildman–Crippen LogP) is 3.91. The Morgan fingerprint density at radius 2 is 1.75 bits per heavy atom. The number of hydrogen-bond donors (Lipinski definition) is 1. The van der Waals surface area contributed by atoms with Crippen molar-refractivity contribution in [2.45, 2.75) is 6.61 Å². The highest BCUT2D eigenvalue weighted by Gasteiger charge is 2.21. The molecule has 0 radical (unpaired) electrons. The fourth-order valence-corrected chi connectivity index (χ4v) is 4.31. The molecule has 1 saturated heterocycles. The van der Waals surface area contributed by atoms with Crippen LogP contribution in [0.4, 0.5) is 10.6 Å². The van der Waals surface area contributed by atoms with Gasteiger partial charge >= 0.3 is 6.09 Å². The lowest BCUT2D eigenvalue weighted by molar-refractivity contribution is 0.142. The molecule has 1 aromatic carbocycles. The minimum atomic E-state index is -3.70. The maximum Gasteiger partial charge on any atom is 0.407 e. The van der Waals surface area contributed by atoms with Gasteiger partial charge in [-0.25, -0.2) is 14.8 Å². The molecule has 0 bridgehead atoms. The standard InChI is InChI=1S/C22H21Cl2N5O6S/c1-36(32,33)34-13-17-11-20(27-21(26-17)14-8-15(23)10-16(24)9-14)35-18-2-3-19(25-12-18)28-4-6-29(7-5-28)22(30)31/h2-3,8-12H,4-7,13H2,1H3,(H,30,31). The molecule has 1 amide bonds. The quantitative estimate of drug-likeness (QED) is 0.428. The summed E-state index contributed by atoms with van der Waals surface area (Å²) in [6.07, 6.45) is 1.53. The lowest BCUT2D eigenvalue weighted by atomic mass is 10.2. The van der Waals surface area contributed by atoms with Crippen LogP contribution in [0, 0.1) is 0 Å². The molecule has 3 aromatic rings. The van der Waals surface area contributed by atoms with Gasteiger partial charge in [-0.2, -0.15) is 13.4 Å². The Morgan fingerprint density at radius 1 is 1.06 bits per heavy atom. The molecule has 1 aliphatic rings. The average Bonchev–Trinajstić information content (AvgIpc) is 2.82. The van der Waals surface area contributed by atoms with E-state index in [2.05, 4.69) is 15.0 Å². The molecule has 1 N–H and O–H groups in total. The van der Waals surface area contributed by atoms with Crippen molar-refractivity contribution in [2.75, 3.05) is 37.3 Å². The van der Waals surface area contributed by atoms with Crippen LogP contribution in [0.25, 0.3) is 11.4 Å². The molecule has 190 valence electrons. The number of amides is 1. The molecule has 1 fully saturated rings. The third kappa shape index (κ3) is 6.94. The lowest BCUT2D eigenvalue weighted by Gasteiger charge is -2.33. The van der Waals surface area contributed by atoms with Gasteiger partial charge in [-0.3, -0.25) is 4.18 Å². The number of rotatable bonds is 7. The molecule has 3 heterocycles. The second-order valence-corrected chi connectivity index (χ2v) is 10.4. The van der Waals surface area contributed by atoms with Gasteiger partial charge in [0, 0.05) is 47.9 Å². The van der Waals surface area contributed by atoms with Gasteiger partial charge in [0.05, 0.1) is 18.1 Å². The first kappa shape index (κ1) is 25.9. The first-order valence-corrected chi connectivity index (χ1v) is 13.2. The van der Waals surface area contributed by atoms with Crippen molar-refractivity contribution in [1.29, 1.82) is 0 Å². The Hall–Kier alpha value is -3.19. The van der Waals surface area contributed by atoms with Gasteiger partial charge < -0.3 is 19.6 Å². The van der Waals surface area contributed by atoms with Gasteiger partial charge in [0.1, 0.15) is 18.2 Å². The van der Waals surface area contributed by atoms with Crippen LogP contribution in [0.5, 0.6) is 11.6 Å². The molecule has 36 heavy (non-hydrogen) atoms. The maximum absolute atomic E-state index is 11.5. The van der Waals surface area contributed by atoms with E-state index in [1.165, 1.54) is 17.2 Å². The molecule has 0 unspecified atom stereocenters. The van der Waals surface area contributed by atoms with E-state index >= 15 is 0 Å². The minimum Gasteiger partial charge on any atom is -0.465 e. The van der Waals surface area contributed by atoms with E-state index in [-0.39, 0.29) is 24.0 Å². The van der Waals surface area contributed by atoms with E-state index in [1.54, 1.807) is 30.3 Å². The number of anilines is 1. The zero-order valence-corrected chi connectivity index (χ0v) is 21.3. The summed E-state index contributed by atoms with van der Waals surface area (Å²) in [6.45, 7) is 1.52. The molecule has 11 nitrogen and oxygen atoms in total. The topological polar surface area (TPSA) is 135 Å². The maximum atomic E-state index is 11.5. The van der Waals surface area contributed by atoms with E-state index in [0.717, 1.165) is 6.26 Å². The third-order valence-corrected chi connectivity index (χ3v) is 6.10. The van der Waals surface area contributed by atoms with E-state index in [0.29, 0.717) is 53.4 Å². The summed E-state index contributed by atoms with van der Waals surface area (Å²) in [5.41, 5.74) is 0.768. The molecule has 0 atom stereocenters. The van der Waals surface area contributed by atoms with Crippen LogP contribution < -0.4 is 9.64 Å². The van der Waals surface area contributed by atoms with Crippen molar-refractivity contribution in [2.24, 2.45) is 0 Å². The molecule has 0 aliphatic carbocycles. The number of halogens is 2. The fourth-order valence-electron chi connectivity index (χ4n) is 3.45. The van der Waals surface area contributed by atoms with E-state index in [4.69, 9.17) is 37.2 Å². The van der Waals surface area contributed by atoms with E-state index in [9.17, 15) is 13.2 Å². The summed E-state index contributed by atoms with van der Waals surface area (Å²) in [6, 6.07) is 9.73. The van der Waals surface area contributed by atoms with Crippen molar-refractivity contribution in [3.8, 4) is 23.0 Å². The van der Waals surface area contributed by atoms with Crippen molar-refractivity contribution in [1.82, 2.24) is 19.9 Å². The van der Waals surface area contributed by atoms with Crippen molar-refractivity contribution in [3.05, 3.63) is 58.3 Å². The summed E-state index contributed by atoms with van der Waals surface area (Å²) in [5, 5.41) is 9.86. The highest BCUT2D eigenvalue weighted by molar-refractivity contribution is 7.85. The van der Waals surface area contributed by atoms with E-state index < -0.39 is 16.2 Å². The summed E-state index contributed by atoms with van der Waals surface area (Å²) in [5.74, 6) is 1.41. The highest BCUT2D eigenvalue weighted by Crippen LogP contribution is 2.29. The number of benzene rings is 1. The fraction of sp³-hybridized carbons (Fsp3) is 0.273. The smallest absolute Gasteiger partial charge is 0.407 e. The largest absolute Gasteiger partial charge is 0.465 e. The zero-order valence-electron chi connectivity index (χ0n) is 19.0. The molecular formula is C22H21Cl2N5O6S. The van der Waals surface area contributed by atoms with Crippen LogP contribution in [0.1, 0.15) is 5.69 Å². The second-order valence-electron chi connectivity index (χ2n) is 7.86. The number of piperazine rings is 1. The summed E-state index contributed by atoms with van der Waals surface area (Å²) < 4.78 is 33.7. The molecular weight excluding hydrogens is 533 g/mol. The molecule has 2 aromatic heterocycles. The minimum absolute atomic E-state index is 0.132. The average molecular weight is 554 g/mol. The Morgan fingerprint density at radius 3 is 2.33 bits per heavy atom. The first-order valence-electron chi connectivity index (χ1n) is 10.6. The van der Waals surface area contributed by atoms with Gasteiger partial charge in [-0.05, 0) is 30.3 Å². The molecule has 4 rings (SSSR count). The van der Waals surface area contributed by atoms with Gasteiger partial charge in [0.2, 0.25) is 5.88 Å². The van der Waals surface area contributed by atoms with Crippen LogP contribution in [-0.2, 0) is 20.9 Å². The predicted molar refractivity (Wildman–Crippen MR) is 133 cm³/mol. The van der Waals surface area contributed by atoms with Crippen LogP contribution >= 0.6 is 23.2 Å². The lowest BCUT2D eigenvalue weighted by Crippen LogP contribution is -2.48. The van der Waals surface area contributed by atoms with Crippen LogP contribution in [-0.4, -0.2) is 71.9 Å². The normalized spacial score (nSPS) is 14.1. The van der Waals surface area contributed by atoms with Crippen molar-refractivity contribution in [3.63, 3.8) is 0 Å². The second kappa shape index (κ2) is 10.8. The van der Waals surface area contributed by atoms with Gasteiger partial charge in [-0.15, -0.1) is 0 Å². The summed E-state index contributed by atoms with van der Waals surface area (Å²) in [7, 11) is -3.70. The highest BCUT2D eigenvalue weighted by atomic mass is 35.5. The summed E-state index contributed by atoms with van der Waals surface area (Å²) in [4.78, 5) is 27.6. The van der Waals surface area contributed by atoms with Crippen LogP contribution in [0.2, 0.25) is 10.0 Å². The molecule has 0 saturated carbocycles. The summed E-state index contributed by atoms with van der Waals surface area (Å²) >= 11 is 12.2. The molecule has 0 spiro atoms. The Bertz CT molecular complexity index is 1350. The number of nitrogens with zero attached hydrogens (tertiary/aromatic N) is 5. The van der Waals surface area contributed by atoms with Gasteiger partial charge in [0.25, 0.3) is 10.1 Å². The van der Waals surface area contributed by atoms with E-state index in [1.807, 2.05) is 4.90 Å². The zero-order chi connectivity index (χ0) is 25.9. The number of hydrogen-bond acceptors (Lipinski definition) is 9. The number of carbonyl (C=O) groups is 1. The number of carboxylic acid groups (broad SMARTS) is 1. The van der Waals surface area contributed by atoms with Crippen LogP contribution in [0.15, 0.2) is 42.6 Å². The van der Waals surface area contributed by atoms with Crippen molar-refractivity contribution < 1.29 is 27.2 Å². The first-order chi connectivity index (χ1) is 17.1.